The molecule has 0 aliphatic carbocycles. The minimum Gasteiger partial charge on any atom is -0.480 e. The summed E-state index contributed by atoms with van der Waals surface area (Å²) in [6, 6.07) is 0. The summed E-state index contributed by atoms with van der Waals surface area (Å²) < 4.78 is 0. The van der Waals surface area contributed by atoms with Gasteiger partial charge in [-0.15, -0.1) is 0 Å². The van der Waals surface area contributed by atoms with Crippen molar-refractivity contribution in [3.05, 3.63) is 0 Å². The number of likely N-dealkylation sites (tertiary alicyclic amines) is 1. The molecule has 0 aromatic rings. The van der Waals surface area contributed by atoms with Gasteiger partial charge < -0.3 is 21.7 Å². The van der Waals surface area contributed by atoms with Crippen molar-refractivity contribution >= 4 is 12.1 Å². The zero-order chi connectivity index (χ0) is 11.8. The molecule has 1 aliphatic heterocycles. The van der Waals surface area contributed by atoms with E-state index >= 15 is 0 Å². The maximum Gasteiger partial charge on any atom is 0.408 e. The molecule has 0 saturated carbocycles. The molecule has 1 fully saturated rings. The normalized spacial score (nSPS) is 20.1. The molecule has 88 valence electrons. The lowest BCUT2D eigenvalue weighted by molar-refractivity contribution is -0.135. The molecule has 1 heterocycles. The fraction of sp³-hybridized carbons (Fsp3) is 0.750. The van der Waals surface area contributed by atoms with Gasteiger partial charge in [0.1, 0.15) is 0 Å². The fourth-order valence-electron chi connectivity index (χ4n) is 1.19. The van der Waals surface area contributed by atoms with E-state index in [-0.39, 0.29) is 12.7 Å². The van der Waals surface area contributed by atoms with E-state index in [0.29, 0.717) is 6.54 Å². The quantitative estimate of drug-likeness (QED) is 0.468. The summed E-state index contributed by atoms with van der Waals surface area (Å²) in [6.07, 6.45) is 1.62. The van der Waals surface area contributed by atoms with E-state index in [9.17, 15) is 9.59 Å². The molecule has 0 aromatic heterocycles. The van der Waals surface area contributed by atoms with E-state index in [1.165, 1.54) is 4.90 Å². The molecular weight excluding hydrogens is 202 g/mol. The van der Waals surface area contributed by atoms with Gasteiger partial charge in [-0.25, -0.2) is 4.79 Å². The number of aliphatic carboxylic acids is 1. The topological polar surface area (TPSA) is 130 Å². The molecule has 1 unspecified atom stereocenters. The molecule has 1 amide bonds. The fourth-order valence-corrected chi connectivity index (χ4v) is 1.19. The number of rotatable bonds is 1. The molecule has 1 saturated heterocycles. The number of amides is 1. The van der Waals surface area contributed by atoms with Crippen molar-refractivity contribution in [3.63, 3.8) is 0 Å². The second-order valence-electron chi connectivity index (χ2n) is 3.14. The van der Waals surface area contributed by atoms with Gasteiger partial charge in [0.15, 0.2) is 0 Å². The first-order valence-electron chi connectivity index (χ1n) is 4.66. The van der Waals surface area contributed by atoms with Crippen LogP contribution >= 0.6 is 0 Å². The number of piperidine rings is 1. The van der Waals surface area contributed by atoms with Crippen molar-refractivity contribution in [2.75, 3.05) is 13.1 Å². The first-order valence-corrected chi connectivity index (χ1v) is 4.66. The predicted molar refractivity (Wildman–Crippen MR) is 53.2 cm³/mol. The van der Waals surface area contributed by atoms with E-state index in [0.717, 1.165) is 19.3 Å². The maximum absolute atomic E-state index is 10.4. The second-order valence-corrected chi connectivity index (χ2v) is 3.14. The predicted octanol–water partition coefficient (Wildman–Crippen LogP) is -0.535. The summed E-state index contributed by atoms with van der Waals surface area (Å²) in [5, 5.41) is 16.2. The summed E-state index contributed by atoms with van der Waals surface area (Å²) in [6.45, 7) is 0.316. The zero-order valence-electron chi connectivity index (χ0n) is 8.43. The van der Waals surface area contributed by atoms with Crippen molar-refractivity contribution in [1.29, 1.82) is 0 Å². The molecule has 6 N–H and O–H groups in total. The van der Waals surface area contributed by atoms with Gasteiger partial charge in [0, 0.05) is 6.54 Å². The van der Waals surface area contributed by atoms with Gasteiger partial charge >= 0.3 is 12.1 Å². The lowest BCUT2D eigenvalue weighted by Crippen LogP contribution is -2.48. The molecule has 0 spiro atoms. The Morgan fingerprint density at radius 1 is 1.33 bits per heavy atom. The van der Waals surface area contributed by atoms with Crippen molar-refractivity contribution < 1.29 is 19.8 Å². The van der Waals surface area contributed by atoms with Gasteiger partial charge in [0.25, 0.3) is 0 Å². The van der Waals surface area contributed by atoms with E-state index in [1.807, 2.05) is 0 Å². The van der Waals surface area contributed by atoms with Crippen LogP contribution in [0.4, 0.5) is 4.79 Å². The molecule has 1 rings (SSSR count). The largest absolute Gasteiger partial charge is 0.480 e. The highest BCUT2D eigenvalue weighted by Crippen LogP contribution is 2.12. The smallest absolute Gasteiger partial charge is 0.408 e. The zero-order valence-corrected chi connectivity index (χ0v) is 8.43. The van der Waals surface area contributed by atoms with Crippen LogP contribution < -0.4 is 11.5 Å². The van der Waals surface area contributed by atoms with Crippen molar-refractivity contribution in [2.45, 2.75) is 25.4 Å². The molecule has 1 atom stereocenters. The summed E-state index contributed by atoms with van der Waals surface area (Å²) >= 11 is 0. The number of nitrogens with zero attached hydrogens (tertiary/aromatic N) is 1. The Morgan fingerprint density at radius 3 is 2.13 bits per heavy atom. The highest BCUT2D eigenvalue weighted by Gasteiger charge is 2.22. The summed E-state index contributed by atoms with van der Waals surface area (Å²) in [4.78, 5) is 20.9. The monoisotopic (exact) mass is 219 g/mol. The Labute approximate surface area is 87.6 Å². The standard InChI is InChI=1S/C6H12N2O2.C2H5NO2/c7-5-3-1-2-4-8(5)6(9)10;3-1-2(4)5/h5H,1-4,7H2,(H,9,10);1,3H2,(H,4,5). The van der Waals surface area contributed by atoms with Gasteiger partial charge in [0.2, 0.25) is 0 Å². The van der Waals surface area contributed by atoms with Crippen LogP contribution in [0.5, 0.6) is 0 Å². The summed E-state index contributed by atoms with van der Waals surface area (Å²) in [7, 11) is 0. The van der Waals surface area contributed by atoms with Crippen molar-refractivity contribution in [1.82, 2.24) is 4.90 Å². The second kappa shape index (κ2) is 7.02. The van der Waals surface area contributed by atoms with Gasteiger partial charge in [-0.2, -0.15) is 0 Å². The maximum atomic E-state index is 10.4. The van der Waals surface area contributed by atoms with Gasteiger partial charge in [-0.1, -0.05) is 0 Å². The van der Waals surface area contributed by atoms with E-state index < -0.39 is 12.1 Å². The highest BCUT2D eigenvalue weighted by molar-refractivity contribution is 5.68. The van der Waals surface area contributed by atoms with E-state index in [2.05, 4.69) is 5.73 Å². The van der Waals surface area contributed by atoms with Crippen LogP contribution in [0, 0.1) is 0 Å². The number of carbonyl (C=O) groups is 2. The van der Waals surface area contributed by atoms with Crippen LogP contribution in [0.15, 0.2) is 0 Å². The number of hydrogen-bond donors (Lipinski definition) is 4. The Morgan fingerprint density at radius 2 is 1.87 bits per heavy atom. The van der Waals surface area contributed by atoms with Gasteiger partial charge in [-0.3, -0.25) is 9.69 Å². The van der Waals surface area contributed by atoms with Crippen LogP contribution in [0.2, 0.25) is 0 Å². The van der Waals surface area contributed by atoms with Crippen LogP contribution in [-0.4, -0.2) is 46.4 Å². The lowest BCUT2D eigenvalue weighted by atomic mass is 10.1. The Kier molecular flexibility index (Phi) is 6.39. The highest BCUT2D eigenvalue weighted by atomic mass is 16.4. The number of carboxylic acid groups (broad SMARTS) is 2. The Bertz CT molecular complexity index is 222. The van der Waals surface area contributed by atoms with E-state index in [4.69, 9.17) is 15.9 Å². The molecule has 7 nitrogen and oxygen atoms in total. The van der Waals surface area contributed by atoms with Crippen LogP contribution in [0.3, 0.4) is 0 Å². The molecule has 0 aromatic carbocycles. The number of hydrogen-bond acceptors (Lipinski definition) is 4. The average molecular weight is 219 g/mol. The van der Waals surface area contributed by atoms with Gasteiger partial charge in [0.05, 0.1) is 12.7 Å². The molecule has 1 aliphatic rings. The van der Waals surface area contributed by atoms with Crippen molar-refractivity contribution in [3.8, 4) is 0 Å². The number of nitrogens with two attached hydrogens (primary N) is 2. The summed E-state index contributed by atoms with van der Waals surface area (Å²) in [5.41, 5.74) is 10.1. The lowest BCUT2D eigenvalue weighted by Gasteiger charge is -2.30. The first kappa shape index (κ1) is 13.7. The Balaban J connectivity index is 0.000000336. The van der Waals surface area contributed by atoms with Crippen LogP contribution in [-0.2, 0) is 4.79 Å². The molecule has 15 heavy (non-hydrogen) atoms. The summed E-state index contributed by atoms with van der Waals surface area (Å²) in [5.74, 6) is -0.968. The molecule has 0 radical (unpaired) electrons. The Hall–Kier alpha value is -1.34. The molecular formula is C8H17N3O4. The third-order valence-corrected chi connectivity index (χ3v) is 1.97. The van der Waals surface area contributed by atoms with Crippen LogP contribution in [0.25, 0.3) is 0 Å². The third kappa shape index (κ3) is 5.87. The molecule has 7 heteroatoms. The minimum atomic E-state index is -0.968. The van der Waals surface area contributed by atoms with E-state index in [1.54, 1.807) is 0 Å². The van der Waals surface area contributed by atoms with Crippen LogP contribution in [0.1, 0.15) is 19.3 Å². The number of carboxylic acids is 1. The first-order chi connectivity index (χ1) is 6.99. The third-order valence-electron chi connectivity index (χ3n) is 1.97. The minimum absolute atomic E-state index is 0.272. The average Bonchev–Trinajstić information content (AvgIpc) is 2.19. The van der Waals surface area contributed by atoms with Gasteiger partial charge in [-0.05, 0) is 19.3 Å². The molecule has 0 bridgehead atoms. The SMILES string of the molecule is NC1CCCCN1C(=O)O.NCC(=O)O. The van der Waals surface area contributed by atoms with Crippen molar-refractivity contribution in [2.24, 2.45) is 11.5 Å².